The van der Waals surface area contributed by atoms with Gasteiger partial charge in [-0.05, 0) is 41.9 Å². The number of hydrogen-bond donors (Lipinski definition) is 0. The topological polar surface area (TPSA) is 27.1 Å². The zero-order chi connectivity index (χ0) is 11.5. The van der Waals surface area contributed by atoms with Gasteiger partial charge in [0, 0.05) is 12.2 Å². The molecule has 0 aliphatic carbocycles. The number of ether oxygens (including phenoxy) is 1. The van der Waals surface area contributed by atoms with Gasteiger partial charge in [0.2, 0.25) is 0 Å². The van der Waals surface area contributed by atoms with Crippen LogP contribution in [0.2, 0.25) is 0 Å². The molecule has 0 spiro atoms. The lowest BCUT2D eigenvalue weighted by molar-refractivity contribution is 0.411. The van der Waals surface area contributed by atoms with Crippen LogP contribution in [0.5, 0.6) is 11.8 Å². The van der Waals surface area contributed by atoms with Crippen molar-refractivity contribution >= 4 is 15.9 Å². The first-order valence-corrected chi connectivity index (χ1v) is 5.96. The standard InChI is InChI=1S/C12H13BrN2O/c1-3-15-9(2)8-14-12(15)16-11-7-5-4-6-10(11)13/h4-8H,3H2,1-2H3. The van der Waals surface area contributed by atoms with E-state index in [-0.39, 0.29) is 0 Å². The molecule has 2 aromatic rings. The normalized spacial score (nSPS) is 10.4. The zero-order valence-electron chi connectivity index (χ0n) is 9.27. The Morgan fingerprint density at radius 3 is 2.81 bits per heavy atom. The highest BCUT2D eigenvalue weighted by atomic mass is 79.9. The van der Waals surface area contributed by atoms with Crippen molar-refractivity contribution in [2.75, 3.05) is 0 Å². The molecule has 84 valence electrons. The van der Waals surface area contributed by atoms with Crippen molar-refractivity contribution in [2.24, 2.45) is 0 Å². The SMILES string of the molecule is CCn1c(C)cnc1Oc1ccccc1Br. The van der Waals surface area contributed by atoms with Crippen LogP contribution in [0, 0.1) is 6.92 Å². The summed E-state index contributed by atoms with van der Waals surface area (Å²) in [6.45, 7) is 4.94. The van der Waals surface area contributed by atoms with E-state index >= 15 is 0 Å². The Labute approximate surface area is 103 Å². The van der Waals surface area contributed by atoms with E-state index in [9.17, 15) is 0 Å². The minimum Gasteiger partial charge on any atom is -0.424 e. The van der Waals surface area contributed by atoms with Crippen molar-refractivity contribution in [3.63, 3.8) is 0 Å². The molecule has 4 heteroatoms. The number of halogens is 1. The average molecular weight is 281 g/mol. The fourth-order valence-electron chi connectivity index (χ4n) is 1.53. The third-order valence-corrected chi connectivity index (χ3v) is 3.03. The predicted molar refractivity (Wildman–Crippen MR) is 66.9 cm³/mol. The van der Waals surface area contributed by atoms with Crippen molar-refractivity contribution < 1.29 is 4.74 Å². The van der Waals surface area contributed by atoms with Gasteiger partial charge in [-0.2, -0.15) is 0 Å². The highest BCUT2D eigenvalue weighted by Gasteiger charge is 2.08. The van der Waals surface area contributed by atoms with E-state index in [1.54, 1.807) is 0 Å². The van der Waals surface area contributed by atoms with E-state index in [2.05, 4.69) is 27.8 Å². The van der Waals surface area contributed by atoms with Gasteiger partial charge in [0.05, 0.1) is 10.7 Å². The largest absolute Gasteiger partial charge is 0.424 e. The molecule has 1 aromatic heterocycles. The summed E-state index contributed by atoms with van der Waals surface area (Å²) in [5.74, 6) is 0.780. The Hall–Kier alpha value is -1.29. The molecule has 0 aliphatic heterocycles. The van der Waals surface area contributed by atoms with Crippen LogP contribution in [0.1, 0.15) is 12.6 Å². The predicted octanol–water partition coefficient (Wildman–Crippen LogP) is 3.77. The number of nitrogens with zero attached hydrogens (tertiary/aromatic N) is 2. The molecule has 1 aromatic carbocycles. The molecule has 0 unspecified atom stereocenters. The highest BCUT2D eigenvalue weighted by Crippen LogP contribution is 2.28. The van der Waals surface area contributed by atoms with Crippen molar-refractivity contribution in [1.82, 2.24) is 9.55 Å². The lowest BCUT2D eigenvalue weighted by Gasteiger charge is -2.09. The third kappa shape index (κ3) is 2.11. The minimum atomic E-state index is 0.631. The molecule has 0 saturated heterocycles. The van der Waals surface area contributed by atoms with E-state index in [1.165, 1.54) is 0 Å². The first-order chi connectivity index (χ1) is 7.72. The quantitative estimate of drug-likeness (QED) is 0.856. The molecule has 0 fully saturated rings. The second-order valence-electron chi connectivity index (χ2n) is 3.46. The molecule has 0 saturated carbocycles. The highest BCUT2D eigenvalue weighted by molar-refractivity contribution is 9.10. The van der Waals surface area contributed by atoms with Crippen molar-refractivity contribution in [2.45, 2.75) is 20.4 Å². The van der Waals surface area contributed by atoms with Gasteiger partial charge in [-0.25, -0.2) is 4.98 Å². The van der Waals surface area contributed by atoms with Gasteiger partial charge in [-0.3, -0.25) is 4.57 Å². The summed E-state index contributed by atoms with van der Waals surface area (Å²) in [4.78, 5) is 4.24. The second-order valence-corrected chi connectivity index (χ2v) is 4.31. The van der Waals surface area contributed by atoms with Crippen LogP contribution in [-0.4, -0.2) is 9.55 Å². The second kappa shape index (κ2) is 4.70. The maximum atomic E-state index is 5.76. The molecule has 0 aliphatic rings. The van der Waals surface area contributed by atoms with Gasteiger partial charge in [0.1, 0.15) is 5.75 Å². The Morgan fingerprint density at radius 1 is 1.38 bits per heavy atom. The fourth-order valence-corrected chi connectivity index (χ4v) is 1.90. The lowest BCUT2D eigenvalue weighted by atomic mass is 10.3. The van der Waals surface area contributed by atoms with Crippen LogP contribution < -0.4 is 4.74 Å². The molecule has 1 heterocycles. The number of aromatic nitrogens is 2. The maximum Gasteiger partial charge on any atom is 0.302 e. The Balaban J connectivity index is 2.31. The molecular formula is C12H13BrN2O. The molecule has 3 nitrogen and oxygen atoms in total. The summed E-state index contributed by atoms with van der Waals surface area (Å²) in [5, 5.41) is 0. The summed E-state index contributed by atoms with van der Waals surface area (Å²) in [6.07, 6.45) is 1.82. The van der Waals surface area contributed by atoms with Crippen molar-refractivity contribution in [3.05, 3.63) is 40.6 Å². The van der Waals surface area contributed by atoms with Gasteiger partial charge in [-0.15, -0.1) is 0 Å². The first kappa shape index (κ1) is 11.2. The third-order valence-electron chi connectivity index (χ3n) is 2.37. The van der Waals surface area contributed by atoms with Crippen LogP contribution in [-0.2, 0) is 6.54 Å². The summed E-state index contributed by atoms with van der Waals surface area (Å²) < 4.78 is 8.71. The zero-order valence-corrected chi connectivity index (χ0v) is 10.9. The maximum absolute atomic E-state index is 5.76. The molecule has 0 N–H and O–H groups in total. The molecule has 16 heavy (non-hydrogen) atoms. The van der Waals surface area contributed by atoms with E-state index in [0.717, 1.165) is 22.5 Å². The Morgan fingerprint density at radius 2 is 2.12 bits per heavy atom. The molecule has 0 bridgehead atoms. The Bertz CT molecular complexity index is 494. The van der Waals surface area contributed by atoms with Crippen LogP contribution in [0.25, 0.3) is 0 Å². The van der Waals surface area contributed by atoms with Crippen LogP contribution in [0.3, 0.4) is 0 Å². The van der Waals surface area contributed by atoms with Gasteiger partial charge < -0.3 is 4.74 Å². The first-order valence-electron chi connectivity index (χ1n) is 5.17. The molecule has 2 rings (SSSR count). The summed E-state index contributed by atoms with van der Waals surface area (Å²) in [7, 11) is 0. The van der Waals surface area contributed by atoms with Crippen molar-refractivity contribution in [3.8, 4) is 11.8 Å². The van der Waals surface area contributed by atoms with Gasteiger partial charge in [0.25, 0.3) is 0 Å². The molecule has 0 amide bonds. The summed E-state index contributed by atoms with van der Waals surface area (Å²) in [6, 6.07) is 8.38. The van der Waals surface area contributed by atoms with Crippen LogP contribution in [0.4, 0.5) is 0 Å². The summed E-state index contributed by atoms with van der Waals surface area (Å²) in [5.41, 5.74) is 1.10. The number of para-hydroxylation sites is 1. The summed E-state index contributed by atoms with van der Waals surface area (Å²) >= 11 is 3.44. The smallest absolute Gasteiger partial charge is 0.302 e. The number of aryl methyl sites for hydroxylation is 1. The number of rotatable bonds is 3. The molecular weight excluding hydrogens is 268 g/mol. The van der Waals surface area contributed by atoms with E-state index in [1.807, 2.05) is 42.0 Å². The van der Waals surface area contributed by atoms with Gasteiger partial charge >= 0.3 is 6.01 Å². The van der Waals surface area contributed by atoms with E-state index in [4.69, 9.17) is 4.74 Å². The average Bonchev–Trinajstić information content (AvgIpc) is 2.63. The number of imidazole rings is 1. The van der Waals surface area contributed by atoms with Gasteiger partial charge in [-0.1, -0.05) is 12.1 Å². The van der Waals surface area contributed by atoms with Crippen LogP contribution >= 0.6 is 15.9 Å². The molecule has 0 radical (unpaired) electrons. The van der Waals surface area contributed by atoms with Crippen LogP contribution in [0.15, 0.2) is 34.9 Å². The molecule has 0 atom stereocenters. The van der Waals surface area contributed by atoms with Gasteiger partial charge in [0.15, 0.2) is 0 Å². The van der Waals surface area contributed by atoms with Crippen molar-refractivity contribution in [1.29, 1.82) is 0 Å². The fraction of sp³-hybridized carbons (Fsp3) is 0.250. The number of hydrogen-bond acceptors (Lipinski definition) is 2. The minimum absolute atomic E-state index is 0.631. The van der Waals surface area contributed by atoms with E-state index < -0.39 is 0 Å². The van der Waals surface area contributed by atoms with E-state index in [0.29, 0.717) is 6.01 Å². The Kier molecular flexibility index (Phi) is 3.29. The lowest BCUT2D eigenvalue weighted by Crippen LogP contribution is -2.00. The number of benzene rings is 1. The monoisotopic (exact) mass is 280 g/mol.